The van der Waals surface area contributed by atoms with Crippen molar-refractivity contribution in [3.8, 4) is 0 Å². The lowest BCUT2D eigenvalue weighted by molar-refractivity contribution is -0.143. The van der Waals surface area contributed by atoms with E-state index in [0.717, 1.165) is 31.2 Å². The number of carbonyl (C=O) groups is 2. The zero-order chi connectivity index (χ0) is 17.5. The summed E-state index contributed by atoms with van der Waals surface area (Å²) >= 11 is 0. The minimum absolute atomic E-state index is 0.107. The van der Waals surface area contributed by atoms with Crippen LogP contribution in [0.1, 0.15) is 51.0 Å². The van der Waals surface area contributed by atoms with Gasteiger partial charge in [-0.25, -0.2) is 4.39 Å². The van der Waals surface area contributed by atoms with E-state index in [9.17, 15) is 19.1 Å². The minimum atomic E-state index is -0.824. The highest BCUT2D eigenvalue weighted by Crippen LogP contribution is 2.24. The van der Waals surface area contributed by atoms with Gasteiger partial charge in [0.25, 0.3) is 0 Å². The number of aliphatic carboxylic acids is 1. The van der Waals surface area contributed by atoms with Crippen LogP contribution in [0.4, 0.5) is 4.39 Å². The summed E-state index contributed by atoms with van der Waals surface area (Å²) in [6, 6.07) is 6.11. The number of nitrogens with one attached hydrogen (secondary N) is 1. The lowest BCUT2D eigenvalue weighted by Gasteiger charge is -2.24. The van der Waals surface area contributed by atoms with Crippen molar-refractivity contribution in [2.24, 2.45) is 11.8 Å². The van der Waals surface area contributed by atoms with Crippen molar-refractivity contribution in [1.29, 1.82) is 0 Å². The number of carboxylic acid groups (broad SMARTS) is 1. The van der Waals surface area contributed by atoms with Gasteiger partial charge in [-0.15, -0.1) is 0 Å². The second-order valence-electron chi connectivity index (χ2n) is 6.77. The van der Waals surface area contributed by atoms with E-state index in [-0.39, 0.29) is 23.7 Å². The van der Waals surface area contributed by atoms with Crippen molar-refractivity contribution in [1.82, 2.24) is 5.32 Å². The summed E-state index contributed by atoms with van der Waals surface area (Å²) in [4.78, 5) is 23.8. The molecule has 1 aliphatic rings. The first kappa shape index (κ1) is 18.4. The zero-order valence-corrected chi connectivity index (χ0v) is 14.1. The smallest absolute Gasteiger partial charge is 0.308 e. The van der Waals surface area contributed by atoms with Crippen LogP contribution in [0.5, 0.6) is 0 Å². The Bertz CT molecular complexity index is 575. The maximum atomic E-state index is 13.2. The fourth-order valence-corrected chi connectivity index (χ4v) is 3.31. The molecule has 1 aliphatic carbocycles. The molecule has 132 valence electrons. The second-order valence-corrected chi connectivity index (χ2v) is 6.77. The van der Waals surface area contributed by atoms with E-state index in [1.54, 1.807) is 6.07 Å². The third-order valence-corrected chi connectivity index (χ3v) is 4.86. The fourth-order valence-electron chi connectivity index (χ4n) is 3.31. The summed E-state index contributed by atoms with van der Waals surface area (Å²) in [5.74, 6) is -1.93. The summed E-state index contributed by atoms with van der Waals surface area (Å²) in [5.41, 5.74) is 0.868. The highest BCUT2D eigenvalue weighted by Gasteiger charge is 2.31. The van der Waals surface area contributed by atoms with Crippen molar-refractivity contribution in [3.05, 3.63) is 35.6 Å². The number of benzene rings is 1. The first-order valence-electron chi connectivity index (χ1n) is 8.75. The molecule has 0 saturated heterocycles. The van der Waals surface area contributed by atoms with Gasteiger partial charge in [0.15, 0.2) is 0 Å². The van der Waals surface area contributed by atoms with Gasteiger partial charge in [0, 0.05) is 12.0 Å². The van der Waals surface area contributed by atoms with Crippen LogP contribution < -0.4 is 5.32 Å². The van der Waals surface area contributed by atoms with Gasteiger partial charge in [0.2, 0.25) is 5.91 Å². The third-order valence-electron chi connectivity index (χ3n) is 4.86. The Labute approximate surface area is 142 Å². The Balaban J connectivity index is 1.88. The molecule has 3 atom stereocenters. The van der Waals surface area contributed by atoms with Crippen molar-refractivity contribution in [2.45, 2.75) is 57.9 Å². The average molecular weight is 335 g/mol. The largest absolute Gasteiger partial charge is 0.481 e. The highest BCUT2D eigenvalue weighted by atomic mass is 19.1. The van der Waals surface area contributed by atoms with Crippen LogP contribution >= 0.6 is 0 Å². The Hall–Kier alpha value is -1.91. The summed E-state index contributed by atoms with van der Waals surface area (Å²) in [6.07, 6.45) is 5.45. The van der Waals surface area contributed by atoms with E-state index in [4.69, 9.17) is 0 Å². The molecule has 24 heavy (non-hydrogen) atoms. The molecular formula is C19H26FNO3. The number of carbonyl (C=O) groups excluding carboxylic acids is 1. The zero-order valence-electron chi connectivity index (χ0n) is 14.1. The molecule has 0 aromatic heterocycles. The lowest BCUT2D eigenvalue weighted by Crippen LogP contribution is -2.44. The molecule has 1 aromatic rings. The van der Waals surface area contributed by atoms with Crippen LogP contribution in [-0.2, 0) is 16.0 Å². The number of amides is 1. The molecule has 1 saturated carbocycles. The van der Waals surface area contributed by atoms with Gasteiger partial charge >= 0.3 is 5.97 Å². The van der Waals surface area contributed by atoms with Gasteiger partial charge in [-0.2, -0.15) is 0 Å². The molecule has 0 bridgehead atoms. The maximum Gasteiger partial charge on any atom is 0.308 e. The summed E-state index contributed by atoms with van der Waals surface area (Å²) < 4.78 is 13.2. The van der Waals surface area contributed by atoms with Crippen molar-refractivity contribution >= 4 is 11.9 Å². The number of halogens is 1. The van der Waals surface area contributed by atoms with Crippen LogP contribution in [-0.4, -0.2) is 23.0 Å². The Morgan fingerprint density at radius 2 is 2.04 bits per heavy atom. The first-order valence-corrected chi connectivity index (χ1v) is 8.75. The number of aryl methyl sites for hydroxylation is 1. The molecule has 0 radical (unpaired) electrons. The molecule has 0 spiro atoms. The van der Waals surface area contributed by atoms with E-state index in [1.807, 2.05) is 13.0 Å². The monoisotopic (exact) mass is 335 g/mol. The Morgan fingerprint density at radius 3 is 2.75 bits per heavy atom. The Morgan fingerprint density at radius 1 is 1.29 bits per heavy atom. The molecule has 1 unspecified atom stereocenters. The summed E-state index contributed by atoms with van der Waals surface area (Å²) in [5, 5.41) is 12.3. The molecule has 1 amide bonds. The molecule has 4 nitrogen and oxygen atoms in total. The predicted molar refractivity (Wildman–Crippen MR) is 90.0 cm³/mol. The predicted octanol–water partition coefficient (Wildman–Crippen LogP) is 3.54. The van der Waals surface area contributed by atoms with Crippen molar-refractivity contribution in [3.63, 3.8) is 0 Å². The normalized spacial score (nSPS) is 22.4. The van der Waals surface area contributed by atoms with Gasteiger partial charge in [-0.1, -0.05) is 38.3 Å². The maximum absolute atomic E-state index is 13.2. The van der Waals surface area contributed by atoms with Gasteiger partial charge in [0.1, 0.15) is 5.82 Å². The van der Waals surface area contributed by atoms with Gasteiger partial charge < -0.3 is 10.4 Å². The van der Waals surface area contributed by atoms with Crippen molar-refractivity contribution < 1.29 is 19.1 Å². The van der Waals surface area contributed by atoms with Crippen LogP contribution in [0.15, 0.2) is 24.3 Å². The van der Waals surface area contributed by atoms with Gasteiger partial charge in [-0.3, -0.25) is 9.59 Å². The van der Waals surface area contributed by atoms with E-state index in [1.165, 1.54) is 12.1 Å². The molecule has 0 heterocycles. The molecular weight excluding hydrogens is 309 g/mol. The first-order chi connectivity index (χ1) is 11.5. The molecule has 1 fully saturated rings. The second kappa shape index (κ2) is 8.81. The van der Waals surface area contributed by atoms with Gasteiger partial charge in [-0.05, 0) is 43.4 Å². The number of carboxylic acids is 1. The molecule has 5 heteroatoms. The van der Waals surface area contributed by atoms with E-state index < -0.39 is 11.9 Å². The molecule has 2 rings (SSSR count). The molecule has 1 aromatic carbocycles. The SMILES string of the molecule is CC(CCc1cccc(F)c1)C(=O)N[C@H]1CCCCC[C@H]1C(=O)O. The third kappa shape index (κ3) is 5.32. The number of hydrogen-bond acceptors (Lipinski definition) is 2. The fraction of sp³-hybridized carbons (Fsp3) is 0.579. The lowest BCUT2D eigenvalue weighted by atomic mass is 9.93. The van der Waals surface area contributed by atoms with Crippen LogP contribution in [0.25, 0.3) is 0 Å². The minimum Gasteiger partial charge on any atom is -0.481 e. The van der Waals surface area contributed by atoms with E-state index in [2.05, 4.69) is 5.32 Å². The van der Waals surface area contributed by atoms with E-state index >= 15 is 0 Å². The number of hydrogen-bond donors (Lipinski definition) is 2. The topological polar surface area (TPSA) is 66.4 Å². The average Bonchev–Trinajstić information content (AvgIpc) is 2.78. The molecule has 2 N–H and O–H groups in total. The molecule has 0 aliphatic heterocycles. The quantitative estimate of drug-likeness (QED) is 0.781. The van der Waals surface area contributed by atoms with Crippen LogP contribution in [0.3, 0.4) is 0 Å². The van der Waals surface area contributed by atoms with Crippen LogP contribution in [0.2, 0.25) is 0 Å². The van der Waals surface area contributed by atoms with Gasteiger partial charge in [0.05, 0.1) is 5.92 Å². The van der Waals surface area contributed by atoms with Crippen LogP contribution in [0, 0.1) is 17.7 Å². The highest BCUT2D eigenvalue weighted by molar-refractivity contribution is 5.80. The Kier molecular flexibility index (Phi) is 6.76. The standard InChI is InChI=1S/C19H26FNO3/c1-13(10-11-14-6-5-7-15(20)12-14)18(22)21-17-9-4-2-3-8-16(17)19(23)24/h5-7,12-13,16-17H,2-4,8-11H2,1H3,(H,21,22)(H,23,24)/t13?,16-,17+/m1/s1. The summed E-state index contributed by atoms with van der Waals surface area (Å²) in [7, 11) is 0. The summed E-state index contributed by atoms with van der Waals surface area (Å²) in [6.45, 7) is 1.83. The van der Waals surface area contributed by atoms with Crippen molar-refractivity contribution in [2.75, 3.05) is 0 Å². The number of rotatable bonds is 6. The van der Waals surface area contributed by atoms with E-state index in [0.29, 0.717) is 19.3 Å².